The molecular weight excluding hydrogens is 348 g/mol. The van der Waals surface area contributed by atoms with E-state index in [0.717, 1.165) is 11.8 Å². The Balaban J connectivity index is 1.78. The smallest absolute Gasteiger partial charge is 0.339 e. The second-order valence-corrected chi connectivity index (χ2v) is 5.83. The third-order valence-corrected chi connectivity index (χ3v) is 4.23. The lowest BCUT2D eigenvalue weighted by Crippen LogP contribution is -1.98. The molecule has 0 radical (unpaired) electrons. The van der Waals surface area contributed by atoms with Crippen molar-refractivity contribution < 1.29 is 24.5 Å². The molecule has 3 aromatic rings. The number of nitrogens with zero attached hydrogens (tertiary/aromatic N) is 2. The van der Waals surface area contributed by atoms with Crippen LogP contribution in [0.4, 0.5) is 0 Å². The summed E-state index contributed by atoms with van der Waals surface area (Å²) in [7, 11) is 0. The summed E-state index contributed by atoms with van der Waals surface area (Å²) < 4.78 is 10.7. The Morgan fingerprint density at radius 3 is 2.63 bits per heavy atom. The van der Waals surface area contributed by atoms with E-state index in [9.17, 15) is 15.2 Å². The van der Waals surface area contributed by atoms with E-state index in [1.165, 1.54) is 6.07 Å². The van der Waals surface area contributed by atoms with Gasteiger partial charge in [0.2, 0.25) is 6.79 Å². The van der Waals surface area contributed by atoms with Crippen molar-refractivity contribution >= 4 is 5.97 Å². The van der Waals surface area contributed by atoms with E-state index < -0.39 is 11.7 Å². The highest BCUT2D eigenvalue weighted by atomic mass is 16.7. The Morgan fingerprint density at radius 1 is 1.07 bits per heavy atom. The Labute approximate surface area is 153 Å². The summed E-state index contributed by atoms with van der Waals surface area (Å²) in [6.07, 6.45) is 1.08. The van der Waals surface area contributed by atoms with Gasteiger partial charge in [-0.3, -0.25) is 4.98 Å². The Morgan fingerprint density at radius 2 is 1.85 bits per heavy atom. The monoisotopic (exact) mass is 360 g/mol. The summed E-state index contributed by atoms with van der Waals surface area (Å²) in [4.78, 5) is 15.3. The minimum atomic E-state index is -1.26. The minimum Gasteiger partial charge on any atom is -0.505 e. The average molecular weight is 360 g/mol. The Hall–Kier alpha value is -4.05. The summed E-state index contributed by atoms with van der Waals surface area (Å²) in [6, 6.07) is 14.0. The van der Waals surface area contributed by atoms with Crippen LogP contribution in [0.15, 0.2) is 48.7 Å². The molecule has 132 valence electrons. The van der Waals surface area contributed by atoms with E-state index in [1.807, 2.05) is 6.07 Å². The number of carbonyl (C=O) groups is 1. The van der Waals surface area contributed by atoms with Gasteiger partial charge in [-0.25, -0.2) is 4.79 Å². The van der Waals surface area contributed by atoms with Crippen LogP contribution >= 0.6 is 0 Å². The van der Waals surface area contributed by atoms with Crippen molar-refractivity contribution in [2.24, 2.45) is 0 Å². The zero-order valence-electron chi connectivity index (χ0n) is 13.8. The number of ether oxygens (including phenoxy) is 2. The maximum Gasteiger partial charge on any atom is 0.339 e. The van der Waals surface area contributed by atoms with Crippen molar-refractivity contribution in [2.45, 2.75) is 0 Å². The topological polar surface area (TPSA) is 113 Å². The molecule has 7 heteroatoms. The van der Waals surface area contributed by atoms with Crippen LogP contribution in [0.25, 0.3) is 22.4 Å². The number of aromatic nitrogens is 1. The summed E-state index contributed by atoms with van der Waals surface area (Å²) in [6.45, 7) is 0.168. The standard InChI is InChI=1S/C20H12N2O5/c21-8-13-5-12(16-7-15(20(24)25)17(23)9-22-16)1-3-14(13)11-2-4-18-19(6-11)27-10-26-18/h1-7,9,23H,10H2,(H,24,25). The average Bonchev–Trinajstić information content (AvgIpc) is 3.15. The second-order valence-electron chi connectivity index (χ2n) is 5.83. The van der Waals surface area contributed by atoms with Gasteiger partial charge in [-0.15, -0.1) is 0 Å². The molecule has 1 aliphatic rings. The van der Waals surface area contributed by atoms with Gasteiger partial charge in [0.25, 0.3) is 0 Å². The number of fused-ring (bicyclic) bond motifs is 1. The fourth-order valence-corrected chi connectivity index (χ4v) is 2.89. The zero-order valence-corrected chi connectivity index (χ0v) is 13.8. The molecule has 0 fully saturated rings. The maximum absolute atomic E-state index is 11.2. The molecule has 7 nitrogen and oxygen atoms in total. The molecule has 0 amide bonds. The number of hydrogen-bond donors (Lipinski definition) is 2. The van der Waals surface area contributed by atoms with Crippen LogP contribution in [-0.4, -0.2) is 28.0 Å². The van der Waals surface area contributed by atoms with Gasteiger partial charge in [0.1, 0.15) is 11.3 Å². The van der Waals surface area contributed by atoms with Gasteiger partial charge in [-0.1, -0.05) is 18.2 Å². The summed E-state index contributed by atoms with van der Waals surface area (Å²) in [5.41, 5.74) is 2.57. The van der Waals surface area contributed by atoms with E-state index in [4.69, 9.17) is 14.6 Å². The van der Waals surface area contributed by atoms with E-state index in [0.29, 0.717) is 33.9 Å². The molecule has 0 aliphatic carbocycles. The first-order chi connectivity index (χ1) is 13.1. The molecule has 4 rings (SSSR count). The first-order valence-corrected chi connectivity index (χ1v) is 7.93. The molecule has 27 heavy (non-hydrogen) atoms. The largest absolute Gasteiger partial charge is 0.505 e. The quantitative estimate of drug-likeness (QED) is 0.736. The molecule has 0 bridgehead atoms. The van der Waals surface area contributed by atoms with Crippen molar-refractivity contribution in [3.8, 4) is 45.7 Å². The predicted octanol–water partition coefficient (Wildman–Crippen LogP) is 3.42. The SMILES string of the molecule is N#Cc1cc(-c2cc(C(=O)O)c(O)cn2)ccc1-c1ccc2c(c1)OCO2. The third kappa shape index (κ3) is 2.89. The van der Waals surface area contributed by atoms with Crippen molar-refractivity contribution in [2.75, 3.05) is 6.79 Å². The molecule has 0 saturated heterocycles. The Kier molecular flexibility index (Phi) is 3.86. The van der Waals surface area contributed by atoms with E-state index in [2.05, 4.69) is 11.1 Å². The molecule has 0 saturated carbocycles. The number of nitriles is 1. The molecule has 2 heterocycles. The predicted molar refractivity (Wildman–Crippen MR) is 94.6 cm³/mol. The van der Waals surface area contributed by atoms with E-state index in [1.54, 1.807) is 30.3 Å². The normalized spacial score (nSPS) is 11.8. The lowest BCUT2D eigenvalue weighted by Gasteiger charge is -2.09. The van der Waals surface area contributed by atoms with Crippen LogP contribution in [0.2, 0.25) is 0 Å². The van der Waals surface area contributed by atoms with E-state index in [-0.39, 0.29) is 12.4 Å². The molecule has 0 atom stereocenters. The first-order valence-electron chi connectivity index (χ1n) is 7.93. The van der Waals surface area contributed by atoms with Crippen LogP contribution in [0.1, 0.15) is 15.9 Å². The minimum absolute atomic E-state index is 0.168. The van der Waals surface area contributed by atoms with Crippen LogP contribution in [-0.2, 0) is 0 Å². The van der Waals surface area contributed by atoms with Crippen LogP contribution in [0, 0.1) is 11.3 Å². The number of carboxylic acids is 1. The van der Waals surface area contributed by atoms with Gasteiger partial charge in [0.05, 0.1) is 23.5 Å². The van der Waals surface area contributed by atoms with Crippen LogP contribution in [0.5, 0.6) is 17.2 Å². The van der Waals surface area contributed by atoms with Crippen molar-refractivity contribution in [3.63, 3.8) is 0 Å². The number of benzene rings is 2. The Bertz CT molecular complexity index is 1120. The van der Waals surface area contributed by atoms with Crippen molar-refractivity contribution in [1.29, 1.82) is 5.26 Å². The lowest BCUT2D eigenvalue weighted by atomic mass is 9.96. The molecule has 2 aromatic carbocycles. The van der Waals surface area contributed by atoms with Crippen molar-refractivity contribution in [3.05, 3.63) is 59.8 Å². The number of aromatic carboxylic acids is 1. The van der Waals surface area contributed by atoms with Crippen LogP contribution in [0.3, 0.4) is 0 Å². The fraction of sp³-hybridized carbons (Fsp3) is 0.0500. The summed E-state index contributed by atoms with van der Waals surface area (Å²) in [5.74, 6) is -0.396. The van der Waals surface area contributed by atoms with Gasteiger partial charge >= 0.3 is 5.97 Å². The second kappa shape index (κ2) is 6.35. The number of carboxylic acid groups (broad SMARTS) is 1. The molecule has 0 unspecified atom stereocenters. The number of rotatable bonds is 3. The maximum atomic E-state index is 11.2. The fourth-order valence-electron chi connectivity index (χ4n) is 2.89. The van der Waals surface area contributed by atoms with Gasteiger partial charge in [-0.05, 0) is 35.4 Å². The van der Waals surface area contributed by atoms with Gasteiger partial charge in [-0.2, -0.15) is 5.26 Å². The third-order valence-electron chi connectivity index (χ3n) is 4.23. The van der Waals surface area contributed by atoms with E-state index >= 15 is 0 Å². The highest BCUT2D eigenvalue weighted by molar-refractivity contribution is 5.92. The van der Waals surface area contributed by atoms with Gasteiger partial charge in [0.15, 0.2) is 11.5 Å². The molecule has 1 aliphatic heterocycles. The van der Waals surface area contributed by atoms with Crippen LogP contribution < -0.4 is 9.47 Å². The number of aromatic hydroxyl groups is 1. The number of hydrogen-bond acceptors (Lipinski definition) is 6. The summed E-state index contributed by atoms with van der Waals surface area (Å²) in [5, 5.41) is 28.3. The zero-order chi connectivity index (χ0) is 19.0. The highest BCUT2D eigenvalue weighted by Crippen LogP contribution is 2.37. The van der Waals surface area contributed by atoms with Gasteiger partial charge < -0.3 is 19.7 Å². The molecule has 2 N–H and O–H groups in total. The molecule has 0 spiro atoms. The van der Waals surface area contributed by atoms with Gasteiger partial charge in [0, 0.05) is 5.56 Å². The molecular formula is C20H12N2O5. The summed E-state index contributed by atoms with van der Waals surface area (Å²) >= 11 is 0. The van der Waals surface area contributed by atoms with Crippen molar-refractivity contribution in [1.82, 2.24) is 4.98 Å². The first kappa shape index (κ1) is 16.4. The highest BCUT2D eigenvalue weighted by Gasteiger charge is 2.17. The lowest BCUT2D eigenvalue weighted by molar-refractivity contribution is 0.0693. The molecule has 1 aromatic heterocycles. The number of pyridine rings is 1.